The van der Waals surface area contributed by atoms with Gasteiger partial charge in [0.25, 0.3) is 0 Å². The van der Waals surface area contributed by atoms with Gasteiger partial charge in [0.2, 0.25) is 5.89 Å². The van der Waals surface area contributed by atoms with Crippen LogP contribution in [-0.4, -0.2) is 28.1 Å². The molecule has 1 atom stereocenters. The van der Waals surface area contributed by atoms with E-state index in [1.54, 1.807) is 6.07 Å². The van der Waals surface area contributed by atoms with Gasteiger partial charge in [-0.25, -0.2) is 4.39 Å². The van der Waals surface area contributed by atoms with Gasteiger partial charge >= 0.3 is 0 Å². The van der Waals surface area contributed by atoms with Crippen LogP contribution in [0.25, 0.3) is 0 Å². The minimum absolute atomic E-state index is 0.265. The number of halogens is 1. The first-order valence-electron chi connectivity index (χ1n) is 8.47. The molecule has 4 rings (SSSR count). The van der Waals surface area contributed by atoms with Crippen molar-refractivity contribution in [3.8, 4) is 6.07 Å². The highest BCUT2D eigenvalue weighted by molar-refractivity contribution is 5.37. The summed E-state index contributed by atoms with van der Waals surface area (Å²) in [6.07, 6.45) is 4.41. The van der Waals surface area contributed by atoms with E-state index in [1.165, 1.54) is 12.1 Å². The second kappa shape index (κ2) is 6.33. The standard InChI is InChI=1S/C18H19FN4O/c19-16-6-5-13(15(8-16)9-20)10-23-7-1-2-14(11-23)17-21-18(24-22-17)12-3-4-12/h5-6,8,12,14H,1-4,7,10-11H2/t14-/m1/s1. The molecule has 0 unspecified atom stereocenters. The molecule has 1 saturated heterocycles. The average Bonchev–Trinajstić information content (AvgIpc) is 3.33. The third-order valence-corrected chi connectivity index (χ3v) is 4.84. The summed E-state index contributed by atoms with van der Waals surface area (Å²) in [7, 11) is 0. The summed E-state index contributed by atoms with van der Waals surface area (Å²) >= 11 is 0. The lowest BCUT2D eigenvalue weighted by molar-refractivity contribution is 0.194. The number of likely N-dealkylation sites (tertiary alicyclic amines) is 1. The molecule has 124 valence electrons. The maximum absolute atomic E-state index is 13.3. The molecule has 2 aliphatic rings. The minimum Gasteiger partial charge on any atom is -0.339 e. The van der Waals surface area contributed by atoms with Gasteiger partial charge in [-0.05, 0) is 49.9 Å². The number of nitriles is 1. The Hall–Kier alpha value is -2.26. The molecule has 1 saturated carbocycles. The Morgan fingerprint density at radius 1 is 1.29 bits per heavy atom. The van der Waals surface area contributed by atoms with Crippen molar-refractivity contribution in [2.75, 3.05) is 13.1 Å². The number of aromatic nitrogens is 2. The maximum atomic E-state index is 13.3. The van der Waals surface area contributed by atoms with Gasteiger partial charge < -0.3 is 4.52 Å². The van der Waals surface area contributed by atoms with E-state index in [2.05, 4.69) is 21.1 Å². The smallest absolute Gasteiger partial charge is 0.229 e. The van der Waals surface area contributed by atoms with Crippen LogP contribution in [0.5, 0.6) is 0 Å². The summed E-state index contributed by atoms with van der Waals surface area (Å²) in [4.78, 5) is 6.86. The molecule has 1 aromatic heterocycles. The number of hydrogen-bond donors (Lipinski definition) is 0. The number of rotatable bonds is 4. The number of nitrogens with zero attached hydrogens (tertiary/aromatic N) is 4. The Bertz CT molecular complexity index is 778. The van der Waals surface area contributed by atoms with Crippen molar-refractivity contribution in [2.24, 2.45) is 0 Å². The van der Waals surface area contributed by atoms with Gasteiger partial charge in [0.15, 0.2) is 5.82 Å². The zero-order valence-electron chi connectivity index (χ0n) is 13.4. The highest BCUT2D eigenvalue weighted by atomic mass is 19.1. The molecule has 0 bridgehead atoms. The Labute approximate surface area is 140 Å². The van der Waals surface area contributed by atoms with Gasteiger partial charge in [-0.2, -0.15) is 10.2 Å². The zero-order valence-corrected chi connectivity index (χ0v) is 13.4. The van der Waals surface area contributed by atoms with E-state index in [0.29, 0.717) is 18.0 Å². The first kappa shape index (κ1) is 15.3. The van der Waals surface area contributed by atoms with E-state index in [9.17, 15) is 9.65 Å². The van der Waals surface area contributed by atoms with Crippen LogP contribution >= 0.6 is 0 Å². The molecular formula is C18H19FN4O. The van der Waals surface area contributed by atoms with Gasteiger partial charge in [0, 0.05) is 24.9 Å². The maximum Gasteiger partial charge on any atom is 0.229 e. The van der Waals surface area contributed by atoms with Crippen LogP contribution in [0.15, 0.2) is 22.7 Å². The number of piperidine rings is 1. The molecule has 0 amide bonds. The van der Waals surface area contributed by atoms with Crippen LogP contribution in [-0.2, 0) is 6.54 Å². The van der Waals surface area contributed by atoms with Crippen LogP contribution < -0.4 is 0 Å². The Balaban J connectivity index is 1.45. The highest BCUT2D eigenvalue weighted by Crippen LogP contribution is 2.39. The molecule has 1 aromatic carbocycles. The largest absolute Gasteiger partial charge is 0.339 e. The summed E-state index contributed by atoms with van der Waals surface area (Å²) in [6, 6.07) is 6.51. The van der Waals surface area contributed by atoms with Gasteiger partial charge in [0.05, 0.1) is 11.6 Å². The summed E-state index contributed by atoms with van der Waals surface area (Å²) in [5.74, 6) is 1.96. The van der Waals surface area contributed by atoms with Gasteiger partial charge in [-0.3, -0.25) is 4.90 Å². The fraction of sp³-hybridized carbons (Fsp3) is 0.500. The third kappa shape index (κ3) is 3.17. The monoisotopic (exact) mass is 326 g/mol. The van der Waals surface area contributed by atoms with E-state index in [4.69, 9.17) is 4.52 Å². The fourth-order valence-corrected chi connectivity index (χ4v) is 3.35. The topological polar surface area (TPSA) is 66.0 Å². The highest BCUT2D eigenvalue weighted by Gasteiger charge is 2.32. The quantitative estimate of drug-likeness (QED) is 0.862. The molecule has 0 spiro atoms. The second-order valence-electron chi connectivity index (χ2n) is 6.75. The molecule has 24 heavy (non-hydrogen) atoms. The number of benzene rings is 1. The van der Waals surface area contributed by atoms with Crippen molar-refractivity contribution >= 4 is 0 Å². The van der Waals surface area contributed by atoms with Crippen LogP contribution in [0.3, 0.4) is 0 Å². The van der Waals surface area contributed by atoms with Gasteiger partial charge in [-0.15, -0.1) is 0 Å². The van der Waals surface area contributed by atoms with Crippen molar-refractivity contribution in [1.29, 1.82) is 5.26 Å². The van der Waals surface area contributed by atoms with Crippen molar-refractivity contribution < 1.29 is 8.91 Å². The molecule has 6 heteroatoms. The summed E-state index contributed by atoms with van der Waals surface area (Å²) in [5.41, 5.74) is 1.28. The molecule has 2 fully saturated rings. The molecule has 0 N–H and O–H groups in total. The van der Waals surface area contributed by atoms with E-state index >= 15 is 0 Å². The van der Waals surface area contributed by atoms with E-state index in [-0.39, 0.29) is 11.7 Å². The molecule has 1 aliphatic heterocycles. The first-order valence-corrected chi connectivity index (χ1v) is 8.47. The lowest BCUT2D eigenvalue weighted by Crippen LogP contribution is -2.34. The van der Waals surface area contributed by atoms with Gasteiger partial charge in [0.1, 0.15) is 5.82 Å². The summed E-state index contributed by atoms with van der Waals surface area (Å²) < 4.78 is 18.7. The fourth-order valence-electron chi connectivity index (χ4n) is 3.35. The van der Waals surface area contributed by atoms with Crippen molar-refractivity contribution in [1.82, 2.24) is 15.0 Å². The molecule has 5 nitrogen and oxygen atoms in total. The Kier molecular flexibility index (Phi) is 4.03. The van der Waals surface area contributed by atoms with Gasteiger partial charge in [-0.1, -0.05) is 11.2 Å². The molecule has 1 aliphatic carbocycles. The van der Waals surface area contributed by atoms with E-state index < -0.39 is 0 Å². The van der Waals surface area contributed by atoms with Crippen LogP contribution in [0.1, 0.15) is 60.4 Å². The summed E-state index contributed by atoms with van der Waals surface area (Å²) in [6.45, 7) is 2.45. The van der Waals surface area contributed by atoms with Crippen LogP contribution in [0, 0.1) is 17.1 Å². The van der Waals surface area contributed by atoms with Crippen molar-refractivity contribution in [2.45, 2.75) is 44.1 Å². The van der Waals surface area contributed by atoms with Crippen molar-refractivity contribution in [3.63, 3.8) is 0 Å². The first-order chi connectivity index (χ1) is 11.7. The SMILES string of the molecule is N#Cc1cc(F)ccc1CN1CCC[C@@H](c2noc(C3CC3)n2)C1. The van der Waals surface area contributed by atoms with E-state index in [1.807, 2.05) is 0 Å². The Morgan fingerprint density at radius 2 is 2.17 bits per heavy atom. The van der Waals surface area contributed by atoms with Crippen LogP contribution in [0.2, 0.25) is 0 Å². The third-order valence-electron chi connectivity index (χ3n) is 4.84. The lowest BCUT2D eigenvalue weighted by atomic mass is 9.96. The molecule has 0 radical (unpaired) electrons. The molecule has 2 aromatic rings. The van der Waals surface area contributed by atoms with Crippen LogP contribution in [0.4, 0.5) is 4.39 Å². The average molecular weight is 326 g/mol. The molecular weight excluding hydrogens is 307 g/mol. The summed E-state index contributed by atoms with van der Waals surface area (Å²) in [5, 5.41) is 13.4. The number of hydrogen-bond acceptors (Lipinski definition) is 5. The zero-order chi connectivity index (χ0) is 16.5. The van der Waals surface area contributed by atoms with E-state index in [0.717, 1.165) is 56.1 Å². The normalized spacial score (nSPS) is 21.6. The minimum atomic E-state index is -0.369. The predicted molar refractivity (Wildman–Crippen MR) is 84.6 cm³/mol. The lowest BCUT2D eigenvalue weighted by Gasteiger charge is -2.31. The predicted octanol–water partition coefficient (Wildman–Crippen LogP) is 3.34. The Morgan fingerprint density at radius 3 is 2.96 bits per heavy atom. The van der Waals surface area contributed by atoms with Crippen molar-refractivity contribution in [3.05, 3.63) is 46.9 Å². The molecule has 2 heterocycles. The second-order valence-corrected chi connectivity index (χ2v) is 6.75.